The van der Waals surface area contributed by atoms with Gasteiger partial charge in [0, 0.05) is 48.7 Å². The lowest BCUT2D eigenvalue weighted by Crippen LogP contribution is -2.46. The zero-order valence-electron chi connectivity index (χ0n) is 16.8. The number of thiazole rings is 1. The van der Waals surface area contributed by atoms with E-state index in [1.807, 2.05) is 0 Å². The maximum atomic E-state index is 12.7. The highest BCUT2D eigenvalue weighted by molar-refractivity contribution is 7.13. The number of aromatic nitrogens is 1. The van der Waals surface area contributed by atoms with Gasteiger partial charge in [0.1, 0.15) is 5.60 Å². The molecule has 170 valence electrons. The zero-order valence-corrected chi connectivity index (χ0v) is 17.6. The van der Waals surface area contributed by atoms with E-state index in [2.05, 4.69) is 15.1 Å². The van der Waals surface area contributed by atoms with Crippen LogP contribution in [0.25, 0.3) is 0 Å². The van der Waals surface area contributed by atoms with Gasteiger partial charge in [-0.05, 0) is 17.7 Å². The van der Waals surface area contributed by atoms with Gasteiger partial charge in [-0.25, -0.2) is 9.78 Å². The van der Waals surface area contributed by atoms with Crippen molar-refractivity contribution in [1.29, 1.82) is 0 Å². The van der Waals surface area contributed by atoms with Crippen LogP contribution in [0.1, 0.15) is 38.6 Å². The number of halogens is 3. The Morgan fingerprint density at radius 2 is 1.88 bits per heavy atom. The van der Waals surface area contributed by atoms with Crippen molar-refractivity contribution in [2.45, 2.75) is 37.7 Å². The zero-order chi connectivity index (χ0) is 22.9. The van der Waals surface area contributed by atoms with Gasteiger partial charge in [-0.1, -0.05) is 12.1 Å². The van der Waals surface area contributed by atoms with E-state index in [4.69, 9.17) is 4.74 Å². The van der Waals surface area contributed by atoms with Gasteiger partial charge < -0.3 is 4.74 Å². The third-order valence-electron chi connectivity index (χ3n) is 5.66. The van der Waals surface area contributed by atoms with Crippen molar-refractivity contribution in [1.82, 2.24) is 14.8 Å². The molecule has 2 amide bonds. The molecular formula is C20H19F3N4O4S. The molecule has 0 bridgehead atoms. The second-order valence-electron chi connectivity index (χ2n) is 7.91. The molecule has 2 aromatic rings. The van der Waals surface area contributed by atoms with Crippen LogP contribution in [0, 0.1) is 4.91 Å². The summed E-state index contributed by atoms with van der Waals surface area (Å²) in [7, 11) is 0. The van der Waals surface area contributed by atoms with Gasteiger partial charge in [-0.2, -0.15) is 13.2 Å². The molecule has 0 N–H and O–H groups in total. The van der Waals surface area contributed by atoms with Crippen LogP contribution >= 0.6 is 11.3 Å². The van der Waals surface area contributed by atoms with Gasteiger partial charge in [0.05, 0.1) is 18.7 Å². The number of benzene rings is 1. The Hall–Kier alpha value is -2.86. The number of ether oxygens (including phenoxy) is 1. The van der Waals surface area contributed by atoms with Crippen LogP contribution in [0.5, 0.6) is 0 Å². The van der Waals surface area contributed by atoms with Crippen molar-refractivity contribution in [3.63, 3.8) is 0 Å². The van der Waals surface area contributed by atoms with Crippen molar-refractivity contribution in [2.75, 3.05) is 19.6 Å². The van der Waals surface area contributed by atoms with Crippen molar-refractivity contribution in [2.24, 2.45) is 5.18 Å². The summed E-state index contributed by atoms with van der Waals surface area (Å²) in [5, 5.41) is 2.32. The molecule has 1 aromatic carbocycles. The van der Waals surface area contributed by atoms with Gasteiger partial charge in [0.2, 0.25) is 0 Å². The van der Waals surface area contributed by atoms with E-state index in [0.717, 1.165) is 29.0 Å². The minimum atomic E-state index is -4.35. The van der Waals surface area contributed by atoms with Crippen molar-refractivity contribution in [3.8, 4) is 0 Å². The van der Waals surface area contributed by atoms with Gasteiger partial charge in [0.25, 0.3) is 0 Å². The molecule has 0 unspecified atom stereocenters. The third-order valence-corrected chi connectivity index (χ3v) is 6.63. The van der Waals surface area contributed by atoms with E-state index in [0.29, 0.717) is 43.9 Å². The van der Waals surface area contributed by atoms with Crippen LogP contribution < -0.4 is 0 Å². The van der Waals surface area contributed by atoms with Gasteiger partial charge >= 0.3 is 18.2 Å². The summed E-state index contributed by atoms with van der Waals surface area (Å²) in [5.41, 5.74) is -0.488. The van der Waals surface area contributed by atoms with E-state index < -0.39 is 29.3 Å². The van der Waals surface area contributed by atoms with Crippen LogP contribution in [-0.2, 0) is 24.0 Å². The van der Waals surface area contributed by atoms with Crippen molar-refractivity contribution >= 4 is 23.3 Å². The SMILES string of the molecule is O=NC(=O)c1ncc(CN2CC3(CCN(Cc4ccc(C(F)(F)F)cc4)CC3)OC2=O)s1. The summed E-state index contributed by atoms with van der Waals surface area (Å²) in [6, 6.07) is 5.14. The molecule has 0 atom stereocenters. The van der Waals surface area contributed by atoms with E-state index >= 15 is 0 Å². The molecule has 0 radical (unpaired) electrons. The van der Waals surface area contributed by atoms with E-state index in [-0.39, 0.29) is 11.6 Å². The molecule has 3 heterocycles. The number of carbonyl (C=O) groups is 2. The molecule has 0 aliphatic carbocycles. The largest absolute Gasteiger partial charge is 0.441 e. The molecule has 2 aliphatic rings. The fourth-order valence-corrected chi connectivity index (χ4v) is 4.76. The minimum absolute atomic E-state index is 0.0196. The number of hydrogen-bond donors (Lipinski definition) is 0. The van der Waals surface area contributed by atoms with Crippen LogP contribution in [0.3, 0.4) is 0 Å². The number of carbonyl (C=O) groups excluding carboxylic acids is 2. The monoisotopic (exact) mass is 468 g/mol. The fraction of sp³-hybridized carbons (Fsp3) is 0.450. The molecular weight excluding hydrogens is 449 g/mol. The van der Waals surface area contributed by atoms with Gasteiger partial charge in [0.15, 0.2) is 5.01 Å². The topological polar surface area (TPSA) is 92.2 Å². The van der Waals surface area contributed by atoms with Gasteiger partial charge in [-0.3, -0.25) is 14.6 Å². The second kappa shape index (κ2) is 8.58. The second-order valence-corrected chi connectivity index (χ2v) is 9.02. The Morgan fingerprint density at radius 3 is 2.50 bits per heavy atom. The predicted molar refractivity (Wildman–Crippen MR) is 108 cm³/mol. The number of nitroso groups, excluding NO2 is 1. The lowest BCUT2D eigenvalue weighted by atomic mass is 9.91. The van der Waals surface area contributed by atoms with E-state index in [1.165, 1.54) is 18.3 Å². The first-order valence-corrected chi connectivity index (χ1v) is 10.7. The number of likely N-dealkylation sites (tertiary alicyclic amines) is 1. The van der Waals surface area contributed by atoms with Crippen molar-refractivity contribution in [3.05, 3.63) is 56.4 Å². The standard InChI is InChI=1S/C20H19F3N4O4S/c21-20(22,23)14-3-1-13(2-4-14)10-26-7-5-19(6-8-26)12-27(18(29)31-19)11-15-9-24-17(32-15)16(28)25-30/h1-4,9H,5-8,10-12H2. The maximum absolute atomic E-state index is 12.7. The molecule has 32 heavy (non-hydrogen) atoms. The van der Waals surface area contributed by atoms with E-state index in [9.17, 15) is 27.7 Å². The summed E-state index contributed by atoms with van der Waals surface area (Å²) < 4.78 is 43.8. The highest BCUT2D eigenvalue weighted by atomic mass is 32.1. The third kappa shape index (κ3) is 4.80. The lowest BCUT2D eigenvalue weighted by molar-refractivity contribution is -0.137. The number of amides is 2. The molecule has 2 saturated heterocycles. The molecule has 0 saturated carbocycles. The molecule has 1 spiro atoms. The van der Waals surface area contributed by atoms with Crippen molar-refractivity contribution < 1.29 is 27.5 Å². The first-order valence-electron chi connectivity index (χ1n) is 9.86. The highest BCUT2D eigenvalue weighted by Crippen LogP contribution is 2.35. The highest BCUT2D eigenvalue weighted by Gasteiger charge is 2.47. The summed E-state index contributed by atoms with van der Waals surface area (Å²) in [4.78, 5) is 42.2. The molecule has 4 rings (SSSR count). The molecule has 12 heteroatoms. The molecule has 8 nitrogen and oxygen atoms in total. The quantitative estimate of drug-likeness (QED) is 0.615. The minimum Gasteiger partial charge on any atom is -0.441 e. The average Bonchev–Trinajstić information content (AvgIpc) is 3.34. The lowest BCUT2D eigenvalue weighted by Gasteiger charge is -2.37. The number of nitrogens with zero attached hydrogens (tertiary/aromatic N) is 4. The van der Waals surface area contributed by atoms with Crippen LogP contribution in [0.4, 0.5) is 18.0 Å². The first-order chi connectivity index (χ1) is 15.2. The maximum Gasteiger partial charge on any atom is 0.416 e. The van der Waals surface area contributed by atoms with Crippen LogP contribution in [-0.4, -0.2) is 52.0 Å². The average molecular weight is 468 g/mol. The predicted octanol–water partition coefficient (Wildman–Crippen LogP) is 4.06. The first kappa shape index (κ1) is 22.3. The smallest absolute Gasteiger partial charge is 0.416 e. The Bertz CT molecular complexity index is 1020. The summed E-state index contributed by atoms with van der Waals surface area (Å²) in [6.45, 7) is 2.43. The molecule has 2 fully saturated rings. The Morgan fingerprint density at radius 1 is 1.19 bits per heavy atom. The number of piperidine rings is 1. The fourth-order valence-electron chi connectivity index (χ4n) is 3.96. The van der Waals surface area contributed by atoms with E-state index in [1.54, 1.807) is 4.90 Å². The summed E-state index contributed by atoms with van der Waals surface area (Å²) in [5.74, 6) is -0.942. The van der Waals surface area contributed by atoms with Crippen LogP contribution in [0.2, 0.25) is 0 Å². The van der Waals surface area contributed by atoms with Crippen LogP contribution in [0.15, 0.2) is 35.6 Å². The van der Waals surface area contributed by atoms with Gasteiger partial charge in [-0.15, -0.1) is 16.2 Å². The molecule has 2 aliphatic heterocycles. The molecule has 1 aromatic heterocycles. The Labute approximate surface area is 184 Å². The number of hydrogen-bond acceptors (Lipinski definition) is 7. The number of alkyl halides is 3. The summed E-state index contributed by atoms with van der Waals surface area (Å²) >= 11 is 1.01. The summed E-state index contributed by atoms with van der Waals surface area (Å²) in [6.07, 6.45) is -2.14. The Kier molecular flexibility index (Phi) is 5.99. The number of rotatable bonds is 5. The Balaban J connectivity index is 1.31. The normalized spacial score (nSPS) is 18.7.